The fraction of sp³-hybridized carbons (Fsp3) is 0.562. The van der Waals surface area contributed by atoms with Gasteiger partial charge in [0, 0.05) is 32.2 Å². The van der Waals surface area contributed by atoms with Crippen LogP contribution in [0.2, 0.25) is 0 Å². The van der Waals surface area contributed by atoms with Crippen LogP contribution < -0.4 is 15.4 Å². The topological polar surface area (TPSA) is 87.7 Å². The van der Waals surface area contributed by atoms with E-state index < -0.39 is 10.0 Å². The van der Waals surface area contributed by atoms with E-state index in [4.69, 9.17) is 4.74 Å². The molecule has 1 aliphatic rings. The number of carbonyl (C=O) groups is 1. The molecule has 25 heavy (non-hydrogen) atoms. The second-order valence-electron chi connectivity index (χ2n) is 6.20. The molecule has 2 N–H and O–H groups in total. The third-order valence-corrected chi connectivity index (χ3v) is 6.16. The van der Waals surface area contributed by atoms with Crippen LogP contribution in [0, 0.1) is 5.92 Å². The first-order valence-electron chi connectivity index (χ1n) is 7.89. The number of ether oxygens (including phenoxy) is 1. The fourth-order valence-corrected chi connectivity index (χ4v) is 3.73. The number of piperidine rings is 1. The molecule has 0 spiro atoms. The first-order valence-corrected chi connectivity index (χ1v) is 9.33. The Bertz CT molecular complexity index is 709. The van der Waals surface area contributed by atoms with Crippen molar-refractivity contribution in [2.45, 2.75) is 24.3 Å². The van der Waals surface area contributed by atoms with E-state index in [1.165, 1.54) is 33.3 Å². The number of hydrogen-bond acceptors (Lipinski definition) is 5. The van der Waals surface area contributed by atoms with Crippen LogP contribution >= 0.6 is 12.4 Å². The molecule has 7 nitrogen and oxygen atoms in total. The summed E-state index contributed by atoms with van der Waals surface area (Å²) in [4.78, 5) is 12.5. The zero-order chi connectivity index (χ0) is 17.9. The third-order valence-electron chi connectivity index (χ3n) is 4.33. The largest absolute Gasteiger partial charge is 0.495 e. The van der Waals surface area contributed by atoms with Gasteiger partial charge in [0.15, 0.2) is 0 Å². The zero-order valence-electron chi connectivity index (χ0n) is 14.9. The average Bonchev–Trinajstić information content (AvgIpc) is 2.56. The maximum Gasteiger partial charge on any atom is 0.251 e. The first kappa shape index (κ1) is 21.7. The number of nitrogens with zero attached hydrogens (tertiary/aromatic N) is 1. The van der Waals surface area contributed by atoms with Crippen LogP contribution in [-0.2, 0) is 10.0 Å². The Morgan fingerprint density at radius 2 is 2.04 bits per heavy atom. The molecular formula is C16H26ClN3O4S. The van der Waals surface area contributed by atoms with Crippen LogP contribution in [0.3, 0.4) is 0 Å². The monoisotopic (exact) mass is 391 g/mol. The highest BCUT2D eigenvalue weighted by Gasteiger charge is 2.26. The third kappa shape index (κ3) is 4.84. The summed E-state index contributed by atoms with van der Waals surface area (Å²) in [5, 5.41) is 6.23. The van der Waals surface area contributed by atoms with Gasteiger partial charge in [-0.3, -0.25) is 4.79 Å². The predicted molar refractivity (Wildman–Crippen MR) is 99.0 cm³/mol. The maximum absolute atomic E-state index is 12.5. The summed E-state index contributed by atoms with van der Waals surface area (Å²) in [5.74, 6) is 0.305. The second kappa shape index (κ2) is 8.84. The number of hydrogen-bond donors (Lipinski definition) is 2. The Hall–Kier alpha value is -1.35. The van der Waals surface area contributed by atoms with Gasteiger partial charge in [-0.15, -0.1) is 12.4 Å². The summed E-state index contributed by atoms with van der Waals surface area (Å²) in [6.45, 7) is 3.76. The van der Waals surface area contributed by atoms with Gasteiger partial charge in [0.1, 0.15) is 10.6 Å². The van der Waals surface area contributed by atoms with Crippen LogP contribution in [0.25, 0.3) is 0 Å². The Labute approximate surface area is 155 Å². The van der Waals surface area contributed by atoms with Gasteiger partial charge in [0.25, 0.3) is 5.91 Å². The molecular weight excluding hydrogens is 366 g/mol. The number of methoxy groups -OCH3 is 1. The van der Waals surface area contributed by atoms with Crippen molar-refractivity contribution >= 4 is 28.3 Å². The highest BCUT2D eigenvalue weighted by Crippen LogP contribution is 2.27. The summed E-state index contributed by atoms with van der Waals surface area (Å²) >= 11 is 0. The number of sulfonamides is 1. The Kier molecular flexibility index (Phi) is 7.67. The van der Waals surface area contributed by atoms with Crippen LogP contribution in [0.5, 0.6) is 5.75 Å². The van der Waals surface area contributed by atoms with Crippen LogP contribution in [0.1, 0.15) is 23.7 Å². The lowest BCUT2D eigenvalue weighted by atomic mass is 9.94. The van der Waals surface area contributed by atoms with Gasteiger partial charge in [0.05, 0.1) is 7.11 Å². The van der Waals surface area contributed by atoms with Crippen molar-refractivity contribution in [3.05, 3.63) is 23.8 Å². The number of carbonyl (C=O) groups excluding carboxylic acids is 1. The molecule has 0 aromatic heterocycles. The van der Waals surface area contributed by atoms with Gasteiger partial charge in [0.2, 0.25) is 10.0 Å². The molecule has 1 saturated heterocycles. The minimum Gasteiger partial charge on any atom is -0.495 e. The van der Waals surface area contributed by atoms with Gasteiger partial charge in [-0.25, -0.2) is 12.7 Å². The van der Waals surface area contributed by atoms with Crippen molar-refractivity contribution in [3.63, 3.8) is 0 Å². The standard InChI is InChI=1S/C16H25N3O4S.ClH/c1-11-7-8-17-10-13(11)18-16(20)12-5-6-14(23-4)15(9-12)24(21,22)19(2)3;/h5-6,9,11,13,17H,7-8,10H2,1-4H3,(H,18,20);1H. The minimum absolute atomic E-state index is 0. The van der Waals surface area contributed by atoms with Gasteiger partial charge in [-0.1, -0.05) is 6.92 Å². The van der Waals surface area contributed by atoms with E-state index in [1.54, 1.807) is 6.07 Å². The van der Waals surface area contributed by atoms with E-state index >= 15 is 0 Å². The van der Waals surface area contributed by atoms with Crippen LogP contribution in [-0.4, -0.2) is 59.0 Å². The lowest BCUT2D eigenvalue weighted by Crippen LogP contribution is -2.50. The minimum atomic E-state index is -3.70. The molecule has 142 valence electrons. The fourth-order valence-electron chi connectivity index (χ4n) is 2.65. The van der Waals surface area contributed by atoms with Gasteiger partial charge < -0.3 is 15.4 Å². The maximum atomic E-state index is 12.5. The van der Waals surface area contributed by atoms with Crippen molar-refractivity contribution in [3.8, 4) is 5.75 Å². The second-order valence-corrected chi connectivity index (χ2v) is 8.32. The van der Waals surface area contributed by atoms with E-state index in [2.05, 4.69) is 17.6 Å². The lowest BCUT2D eigenvalue weighted by molar-refractivity contribution is 0.0915. The number of nitrogens with one attached hydrogen (secondary N) is 2. The van der Waals surface area contributed by atoms with Gasteiger partial charge >= 0.3 is 0 Å². The Morgan fingerprint density at radius 1 is 1.36 bits per heavy atom. The van der Waals surface area contributed by atoms with Gasteiger partial charge in [-0.05, 0) is 37.1 Å². The number of amides is 1. The van der Waals surface area contributed by atoms with E-state index in [0.29, 0.717) is 18.0 Å². The summed E-state index contributed by atoms with van der Waals surface area (Å²) in [5.41, 5.74) is 0.300. The quantitative estimate of drug-likeness (QED) is 0.784. The molecule has 1 aromatic rings. The molecule has 0 saturated carbocycles. The summed E-state index contributed by atoms with van der Waals surface area (Å²) < 4.78 is 31.1. The van der Waals surface area contributed by atoms with Crippen molar-refractivity contribution in [1.29, 1.82) is 0 Å². The van der Waals surface area contributed by atoms with Crippen molar-refractivity contribution in [1.82, 2.24) is 14.9 Å². The van der Waals surface area contributed by atoms with E-state index in [0.717, 1.165) is 17.3 Å². The molecule has 0 radical (unpaired) electrons. The summed E-state index contributed by atoms with van der Waals surface area (Å²) in [6.07, 6.45) is 0.994. The summed E-state index contributed by atoms with van der Waals surface area (Å²) in [6, 6.07) is 4.48. The van der Waals surface area contributed by atoms with E-state index in [1.807, 2.05) is 0 Å². The number of halogens is 1. The Morgan fingerprint density at radius 3 is 2.60 bits per heavy atom. The number of rotatable bonds is 5. The van der Waals surface area contributed by atoms with Crippen LogP contribution in [0.15, 0.2) is 23.1 Å². The average molecular weight is 392 g/mol. The van der Waals surface area contributed by atoms with Crippen molar-refractivity contribution in [2.24, 2.45) is 5.92 Å². The highest BCUT2D eigenvalue weighted by atomic mass is 35.5. The summed E-state index contributed by atoms with van der Waals surface area (Å²) in [7, 11) is 0.581. The SMILES string of the molecule is COc1ccc(C(=O)NC2CNCCC2C)cc1S(=O)(=O)N(C)C.Cl. The molecule has 0 bridgehead atoms. The molecule has 1 heterocycles. The lowest BCUT2D eigenvalue weighted by Gasteiger charge is -2.30. The molecule has 1 aromatic carbocycles. The molecule has 9 heteroatoms. The molecule has 2 rings (SSSR count). The zero-order valence-corrected chi connectivity index (χ0v) is 16.5. The first-order chi connectivity index (χ1) is 11.3. The smallest absolute Gasteiger partial charge is 0.251 e. The predicted octanol–water partition coefficient (Wildman–Crippen LogP) is 1.10. The van der Waals surface area contributed by atoms with Gasteiger partial charge in [-0.2, -0.15) is 0 Å². The molecule has 0 aliphatic carbocycles. The number of benzene rings is 1. The Balaban J connectivity index is 0.00000312. The van der Waals surface area contributed by atoms with E-state index in [-0.39, 0.29) is 35.0 Å². The van der Waals surface area contributed by atoms with Crippen molar-refractivity contribution < 1.29 is 17.9 Å². The highest BCUT2D eigenvalue weighted by molar-refractivity contribution is 7.89. The normalized spacial score (nSPS) is 20.7. The van der Waals surface area contributed by atoms with Crippen LogP contribution in [0.4, 0.5) is 0 Å². The molecule has 2 unspecified atom stereocenters. The van der Waals surface area contributed by atoms with E-state index in [9.17, 15) is 13.2 Å². The molecule has 2 atom stereocenters. The van der Waals surface area contributed by atoms with Crippen molar-refractivity contribution in [2.75, 3.05) is 34.3 Å². The molecule has 1 aliphatic heterocycles. The molecule has 1 amide bonds. The molecule has 1 fully saturated rings.